The maximum atomic E-state index is 12.2. The number of amides is 1. The number of nitriles is 1. The average Bonchev–Trinajstić information content (AvgIpc) is 2.47. The van der Waals surface area contributed by atoms with Crippen molar-refractivity contribution in [3.63, 3.8) is 0 Å². The third-order valence-corrected chi connectivity index (χ3v) is 3.20. The van der Waals surface area contributed by atoms with Crippen molar-refractivity contribution in [2.75, 3.05) is 26.7 Å². The Bertz CT molecular complexity index is 496. The molecule has 19 heavy (non-hydrogen) atoms. The maximum Gasteiger partial charge on any atom is 0.228 e. The van der Waals surface area contributed by atoms with Crippen molar-refractivity contribution >= 4 is 5.91 Å². The summed E-state index contributed by atoms with van der Waals surface area (Å²) in [6.07, 6.45) is 0.301. The van der Waals surface area contributed by atoms with E-state index in [4.69, 9.17) is 10.00 Å². The lowest BCUT2D eigenvalue weighted by Crippen LogP contribution is -2.53. The van der Waals surface area contributed by atoms with Crippen LogP contribution in [0.2, 0.25) is 0 Å². The predicted molar refractivity (Wildman–Crippen MR) is 70.7 cm³/mol. The quantitative estimate of drug-likeness (QED) is 0.861. The van der Waals surface area contributed by atoms with Gasteiger partial charge in [0.05, 0.1) is 19.6 Å². The SMILES string of the molecule is COc1cccc(CC(=O)N2CCNCC2C#N)c1. The van der Waals surface area contributed by atoms with E-state index in [0.29, 0.717) is 19.5 Å². The van der Waals surface area contributed by atoms with Gasteiger partial charge in [-0.1, -0.05) is 12.1 Å². The van der Waals surface area contributed by atoms with Crippen molar-refractivity contribution < 1.29 is 9.53 Å². The summed E-state index contributed by atoms with van der Waals surface area (Å²) >= 11 is 0. The molecule has 0 aliphatic carbocycles. The van der Waals surface area contributed by atoms with E-state index < -0.39 is 0 Å². The number of hydrogen-bond acceptors (Lipinski definition) is 4. The van der Waals surface area contributed by atoms with Crippen molar-refractivity contribution in [1.29, 1.82) is 5.26 Å². The average molecular weight is 259 g/mol. The Morgan fingerprint density at radius 2 is 2.47 bits per heavy atom. The molecule has 0 radical (unpaired) electrons. The molecular formula is C14H17N3O2. The number of nitrogens with one attached hydrogen (secondary N) is 1. The third kappa shape index (κ3) is 3.24. The molecule has 1 saturated heterocycles. The zero-order valence-corrected chi connectivity index (χ0v) is 10.9. The second-order valence-corrected chi connectivity index (χ2v) is 4.46. The van der Waals surface area contributed by atoms with Crippen LogP contribution in [-0.4, -0.2) is 43.6 Å². The summed E-state index contributed by atoms with van der Waals surface area (Å²) in [5, 5.41) is 12.2. The standard InChI is InChI=1S/C14H17N3O2/c1-19-13-4-2-3-11(7-13)8-14(18)17-6-5-16-10-12(17)9-15/h2-4,7,12,16H,5-6,8,10H2,1H3. The van der Waals surface area contributed by atoms with Crippen molar-refractivity contribution in [3.8, 4) is 11.8 Å². The third-order valence-electron chi connectivity index (χ3n) is 3.20. The van der Waals surface area contributed by atoms with Crippen LogP contribution in [0.25, 0.3) is 0 Å². The van der Waals surface area contributed by atoms with Crippen LogP contribution in [0, 0.1) is 11.3 Å². The minimum Gasteiger partial charge on any atom is -0.497 e. The highest BCUT2D eigenvalue weighted by atomic mass is 16.5. The molecule has 1 N–H and O–H groups in total. The predicted octanol–water partition coefficient (Wildman–Crippen LogP) is 0.562. The first-order valence-corrected chi connectivity index (χ1v) is 6.27. The molecule has 1 aromatic rings. The van der Waals surface area contributed by atoms with E-state index in [-0.39, 0.29) is 11.9 Å². The van der Waals surface area contributed by atoms with Crippen molar-refractivity contribution in [2.45, 2.75) is 12.5 Å². The van der Waals surface area contributed by atoms with Crippen molar-refractivity contribution in [2.24, 2.45) is 0 Å². The van der Waals surface area contributed by atoms with Crippen LogP contribution in [0.5, 0.6) is 5.75 Å². The lowest BCUT2D eigenvalue weighted by Gasteiger charge is -2.32. The fourth-order valence-corrected chi connectivity index (χ4v) is 2.18. The van der Waals surface area contributed by atoms with Crippen LogP contribution >= 0.6 is 0 Å². The first-order chi connectivity index (χ1) is 9.24. The summed E-state index contributed by atoms with van der Waals surface area (Å²) in [4.78, 5) is 13.9. The summed E-state index contributed by atoms with van der Waals surface area (Å²) < 4.78 is 5.14. The van der Waals surface area contributed by atoms with Crippen molar-refractivity contribution in [3.05, 3.63) is 29.8 Å². The van der Waals surface area contributed by atoms with Gasteiger partial charge < -0.3 is 15.0 Å². The largest absolute Gasteiger partial charge is 0.497 e. The van der Waals surface area contributed by atoms with Gasteiger partial charge in [0.25, 0.3) is 0 Å². The molecule has 2 rings (SSSR count). The molecule has 1 aliphatic heterocycles. The molecule has 1 fully saturated rings. The van der Waals surface area contributed by atoms with Gasteiger partial charge in [-0.2, -0.15) is 5.26 Å². The van der Waals surface area contributed by atoms with Crippen LogP contribution in [0.3, 0.4) is 0 Å². The molecule has 1 amide bonds. The van der Waals surface area contributed by atoms with E-state index in [2.05, 4.69) is 11.4 Å². The Morgan fingerprint density at radius 3 is 3.21 bits per heavy atom. The zero-order chi connectivity index (χ0) is 13.7. The van der Waals surface area contributed by atoms with E-state index >= 15 is 0 Å². The molecule has 1 unspecified atom stereocenters. The molecule has 1 aliphatic rings. The van der Waals surface area contributed by atoms with Crippen LogP contribution in [0.15, 0.2) is 24.3 Å². The normalized spacial score (nSPS) is 18.7. The van der Waals surface area contributed by atoms with E-state index in [9.17, 15) is 4.79 Å². The number of piperazine rings is 1. The highest BCUT2D eigenvalue weighted by molar-refractivity contribution is 5.79. The molecule has 5 nitrogen and oxygen atoms in total. The van der Waals surface area contributed by atoms with Crippen LogP contribution in [0.1, 0.15) is 5.56 Å². The number of carbonyl (C=O) groups is 1. The van der Waals surface area contributed by atoms with E-state index in [0.717, 1.165) is 17.9 Å². The molecule has 100 valence electrons. The summed E-state index contributed by atoms with van der Waals surface area (Å²) in [7, 11) is 1.60. The fourth-order valence-electron chi connectivity index (χ4n) is 2.18. The van der Waals surface area contributed by atoms with Gasteiger partial charge in [-0.3, -0.25) is 4.79 Å². The molecule has 5 heteroatoms. The molecule has 0 aromatic heterocycles. The Kier molecular flexibility index (Phi) is 4.37. The number of carbonyl (C=O) groups excluding carboxylic acids is 1. The topological polar surface area (TPSA) is 65.4 Å². The number of methoxy groups -OCH3 is 1. The Morgan fingerprint density at radius 1 is 1.63 bits per heavy atom. The Balaban J connectivity index is 2.05. The lowest BCUT2D eigenvalue weighted by atomic mass is 10.1. The van der Waals surface area contributed by atoms with Crippen LogP contribution in [-0.2, 0) is 11.2 Å². The second-order valence-electron chi connectivity index (χ2n) is 4.46. The lowest BCUT2D eigenvalue weighted by molar-refractivity contribution is -0.132. The zero-order valence-electron chi connectivity index (χ0n) is 10.9. The highest BCUT2D eigenvalue weighted by Crippen LogP contribution is 2.14. The van der Waals surface area contributed by atoms with Gasteiger partial charge in [-0.25, -0.2) is 0 Å². The minimum absolute atomic E-state index is 0.0127. The number of benzene rings is 1. The van der Waals surface area contributed by atoms with Gasteiger partial charge in [0.15, 0.2) is 0 Å². The fraction of sp³-hybridized carbons (Fsp3) is 0.429. The maximum absolute atomic E-state index is 12.2. The van der Waals surface area contributed by atoms with Gasteiger partial charge in [0.1, 0.15) is 11.8 Å². The first-order valence-electron chi connectivity index (χ1n) is 6.27. The summed E-state index contributed by atoms with van der Waals surface area (Å²) in [6, 6.07) is 9.24. The van der Waals surface area contributed by atoms with E-state index in [1.54, 1.807) is 12.0 Å². The molecular weight excluding hydrogens is 242 g/mol. The Labute approximate surface area is 112 Å². The highest BCUT2D eigenvalue weighted by Gasteiger charge is 2.26. The van der Waals surface area contributed by atoms with Gasteiger partial charge in [0.2, 0.25) is 5.91 Å². The van der Waals surface area contributed by atoms with Gasteiger partial charge in [0, 0.05) is 19.6 Å². The minimum atomic E-state index is -0.369. The molecule has 1 heterocycles. The first kappa shape index (κ1) is 13.4. The van der Waals surface area contributed by atoms with Gasteiger partial charge in [-0.15, -0.1) is 0 Å². The smallest absolute Gasteiger partial charge is 0.228 e. The van der Waals surface area contributed by atoms with Crippen molar-refractivity contribution in [1.82, 2.24) is 10.2 Å². The van der Waals surface area contributed by atoms with E-state index in [1.807, 2.05) is 24.3 Å². The molecule has 0 bridgehead atoms. The summed E-state index contributed by atoms with van der Waals surface area (Å²) in [6.45, 7) is 1.86. The van der Waals surface area contributed by atoms with Gasteiger partial charge in [-0.05, 0) is 17.7 Å². The summed E-state index contributed by atoms with van der Waals surface area (Å²) in [5.74, 6) is 0.726. The van der Waals surface area contributed by atoms with Crippen LogP contribution < -0.4 is 10.1 Å². The number of ether oxygens (including phenoxy) is 1. The summed E-state index contributed by atoms with van der Waals surface area (Å²) in [5.41, 5.74) is 0.902. The van der Waals surface area contributed by atoms with E-state index in [1.165, 1.54) is 0 Å². The number of rotatable bonds is 3. The number of hydrogen-bond donors (Lipinski definition) is 1. The number of nitrogens with zero attached hydrogens (tertiary/aromatic N) is 2. The molecule has 0 saturated carbocycles. The monoisotopic (exact) mass is 259 g/mol. The molecule has 0 spiro atoms. The Hall–Kier alpha value is -2.06. The second kappa shape index (κ2) is 6.21. The van der Waals surface area contributed by atoms with Crippen LogP contribution in [0.4, 0.5) is 0 Å². The van der Waals surface area contributed by atoms with Gasteiger partial charge >= 0.3 is 0 Å². The molecule has 1 aromatic carbocycles. The molecule has 1 atom stereocenters.